The number of aliphatic hydroxyl groups excluding tert-OH is 1. The maximum atomic E-state index is 13.3. The Morgan fingerprint density at radius 2 is 1.88 bits per heavy atom. The van der Waals surface area contributed by atoms with Gasteiger partial charge in [-0.2, -0.15) is 0 Å². The summed E-state index contributed by atoms with van der Waals surface area (Å²) >= 11 is 0. The van der Waals surface area contributed by atoms with Crippen molar-refractivity contribution in [3.05, 3.63) is 35.1 Å². The normalized spacial score (nSPS) is 14.9. The molecule has 0 saturated heterocycles. The third kappa shape index (κ3) is 2.36. The summed E-state index contributed by atoms with van der Waals surface area (Å²) in [4.78, 5) is 0. The highest BCUT2D eigenvalue weighted by molar-refractivity contribution is 5.23. The summed E-state index contributed by atoms with van der Waals surface area (Å²) in [6, 6.07) is 1.83. The molecule has 3 N–H and O–H groups in total. The van der Waals surface area contributed by atoms with Crippen molar-refractivity contribution in [2.75, 3.05) is 6.54 Å². The van der Waals surface area contributed by atoms with Gasteiger partial charge in [0.25, 0.3) is 0 Å². The predicted molar refractivity (Wildman–Crippen MR) is 54.1 cm³/mol. The molecular weight excluding hydrogens is 219 g/mol. The summed E-state index contributed by atoms with van der Waals surface area (Å²) in [5, 5.41) is 9.77. The van der Waals surface area contributed by atoms with E-state index in [1.165, 1.54) is 0 Å². The Morgan fingerprint density at radius 3 is 2.38 bits per heavy atom. The molecule has 0 bridgehead atoms. The monoisotopic (exact) mass is 233 g/mol. The van der Waals surface area contributed by atoms with Gasteiger partial charge in [-0.1, -0.05) is 13.0 Å². The second-order valence-electron chi connectivity index (χ2n) is 3.61. The molecule has 2 nitrogen and oxygen atoms in total. The predicted octanol–water partition coefficient (Wildman–Crippen LogP) is 2.12. The third-order valence-corrected chi connectivity index (χ3v) is 2.66. The minimum atomic E-state index is -1.57. The quantitative estimate of drug-likeness (QED) is 0.782. The van der Waals surface area contributed by atoms with E-state index in [0.717, 1.165) is 12.1 Å². The smallest absolute Gasteiger partial charge is 0.194 e. The zero-order valence-corrected chi connectivity index (χ0v) is 8.88. The zero-order chi connectivity index (χ0) is 12.3. The van der Waals surface area contributed by atoms with Crippen molar-refractivity contribution in [3.8, 4) is 0 Å². The van der Waals surface area contributed by atoms with E-state index in [-0.39, 0.29) is 18.0 Å². The Labute approximate surface area is 91.9 Å². The first kappa shape index (κ1) is 13.0. The molecule has 90 valence electrons. The van der Waals surface area contributed by atoms with E-state index in [9.17, 15) is 18.3 Å². The van der Waals surface area contributed by atoms with Gasteiger partial charge >= 0.3 is 0 Å². The molecule has 0 aromatic heterocycles. The lowest BCUT2D eigenvalue weighted by Gasteiger charge is -2.20. The number of rotatable bonds is 4. The van der Waals surface area contributed by atoms with E-state index in [1.807, 2.05) is 0 Å². The van der Waals surface area contributed by atoms with Crippen LogP contribution < -0.4 is 5.73 Å². The van der Waals surface area contributed by atoms with Gasteiger partial charge in [0.1, 0.15) is 0 Å². The Morgan fingerprint density at radius 1 is 1.25 bits per heavy atom. The molecule has 1 aromatic rings. The second kappa shape index (κ2) is 5.32. The summed E-state index contributed by atoms with van der Waals surface area (Å²) in [7, 11) is 0. The van der Waals surface area contributed by atoms with Crippen LogP contribution in [0.25, 0.3) is 0 Å². The van der Waals surface area contributed by atoms with Gasteiger partial charge in [-0.25, -0.2) is 13.2 Å². The Bertz CT molecular complexity index is 366. The van der Waals surface area contributed by atoms with Crippen molar-refractivity contribution >= 4 is 0 Å². The molecule has 0 aliphatic carbocycles. The van der Waals surface area contributed by atoms with Gasteiger partial charge in [0, 0.05) is 11.5 Å². The van der Waals surface area contributed by atoms with Crippen molar-refractivity contribution in [2.45, 2.75) is 19.4 Å². The number of halogens is 3. The SMILES string of the molecule is CCC(CN)C(O)c1ccc(F)c(F)c1F. The fourth-order valence-electron chi connectivity index (χ4n) is 1.54. The van der Waals surface area contributed by atoms with Gasteiger partial charge in [-0.3, -0.25) is 0 Å². The molecule has 2 unspecified atom stereocenters. The molecule has 1 rings (SSSR count). The summed E-state index contributed by atoms with van der Waals surface area (Å²) in [6.07, 6.45) is -0.694. The van der Waals surface area contributed by atoms with Crippen molar-refractivity contribution in [2.24, 2.45) is 11.7 Å². The van der Waals surface area contributed by atoms with E-state index in [2.05, 4.69) is 0 Å². The van der Waals surface area contributed by atoms with Gasteiger partial charge in [-0.05, 0) is 19.0 Å². The van der Waals surface area contributed by atoms with Gasteiger partial charge in [0.15, 0.2) is 17.5 Å². The highest BCUT2D eigenvalue weighted by atomic mass is 19.2. The van der Waals surface area contributed by atoms with E-state index in [4.69, 9.17) is 5.73 Å². The third-order valence-electron chi connectivity index (χ3n) is 2.66. The summed E-state index contributed by atoms with van der Waals surface area (Å²) in [5.41, 5.74) is 5.14. The first-order valence-electron chi connectivity index (χ1n) is 5.04. The molecule has 0 fully saturated rings. The highest BCUT2D eigenvalue weighted by Crippen LogP contribution is 2.27. The Balaban J connectivity index is 3.09. The molecule has 0 spiro atoms. The minimum absolute atomic E-state index is 0.149. The molecule has 0 aliphatic heterocycles. The van der Waals surface area contributed by atoms with Gasteiger partial charge < -0.3 is 10.8 Å². The number of nitrogens with two attached hydrogens (primary N) is 1. The number of hydrogen-bond acceptors (Lipinski definition) is 2. The lowest BCUT2D eigenvalue weighted by molar-refractivity contribution is 0.105. The average molecular weight is 233 g/mol. The van der Waals surface area contributed by atoms with Gasteiger partial charge in [0.2, 0.25) is 0 Å². The molecule has 0 radical (unpaired) electrons. The Hall–Kier alpha value is -1.07. The number of hydrogen-bond donors (Lipinski definition) is 2. The lowest BCUT2D eigenvalue weighted by Crippen LogP contribution is -2.22. The lowest BCUT2D eigenvalue weighted by atomic mass is 9.93. The highest BCUT2D eigenvalue weighted by Gasteiger charge is 2.24. The van der Waals surface area contributed by atoms with Crippen LogP contribution in [0, 0.1) is 23.4 Å². The topological polar surface area (TPSA) is 46.2 Å². The van der Waals surface area contributed by atoms with Crippen molar-refractivity contribution in [3.63, 3.8) is 0 Å². The molecule has 0 aliphatic rings. The van der Waals surface area contributed by atoms with Crippen LogP contribution >= 0.6 is 0 Å². The Kier molecular flexibility index (Phi) is 4.32. The van der Waals surface area contributed by atoms with Crippen LogP contribution in [0.2, 0.25) is 0 Å². The standard InChI is InChI=1S/C11H14F3NO/c1-2-6(5-15)11(16)7-3-4-8(12)10(14)9(7)13/h3-4,6,11,16H,2,5,15H2,1H3. The van der Waals surface area contributed by atoms with Gasteiger partial charge in [0.05, 0.1) is 6.10 Å². The van der Waals surface area contributed by atoms with Gasteiger partial charge in [-0.15, -0.1) is 0 Å². The number of aliphatic hydroxyl groups is 1. The maximum absolute atomic E-state index is 13.3. The average Bonchev–Trinajstić information content (AvgIpc) is 2.27. The molecule has 0 heterocycles. The second-order valence-corrected chi connectivity index (χ2v) is 3.61. The molecule has 0 amide bonds. The molecule has 5 heteroatoms. The van der Waals surface area contributed by atoms with E-state index < -0.39 is 23.6 Å². The minimum Gasteiger partial charge on any atom is -0.388 e. The van der Waals surface area contributed by atoms with E-state index in [0.29, 0.717) is 6.42 Å². The fourth-order valence-corrected chi connectivity index (χ4v) is 1.54. The van der Waals surface area contributed by atoms with Crippen LogP contribution in [0.4, 0.5) is 13.2 Å². The van der Waals surface area contributed by atoms with E-state index in [1.54, 1.807) is 6.92 Å². The zero-order valence-electron chi connectivity index (χ0n) is 8.88. The van der Waals surface area contributed by atoms with Crippen LogP contribution in [0.5, 0.6) is 0 Å². The molecule has 1 aromatic carbocycles. The van der Waals surface area contributed by atoms with Crippen LogP contribution in [0.15, 0.2) is 12.1 Å². The van der Waals surface area contributed by atoms with Crippen LogP contribution in [-0.4, -0.2) is 11.7 Å². The maximum Gasteiger partial charge on any atom is 0.194 e. The van der Waals surface area contributed by atoms with Crippen molar-refractivity contribution in [1.82, 2.24) is 0 Å². The van der Waals surface area contributed by atoms with Crippen molar-refractivity contribution < 1.29 is 18.3 Å². The number of benzene rings is 1. The fraction of sp³-hybridized carbons (Fsp3) is 0.455. The first-order chi connectivity index (χ1) is 7.52. The molecule has 16 heavy (non-hydrogen) atoms. The largest absolute Gasteiger partial charge is 0.388 e. The van der Waals surface area contributed by atoms with Crippen molar-refractivity contribution in [1.29, 1.82) is 0 Å². The summed E-state index contributed by atoms with van der Waals surface area (Å²) in [6.45, 7) is 1.93. The molecular formula is C11H14F3NO. The first-order valence-corrected chi connectivity index (χ1v) is 5.04. The molecule has 0 saturated carbocycles. The summed E-state index contributed by atoms with van der Waals surface area (Å²) < 4.78 is 38.9. The van der Waals surface area contributed by atoms with Crippen LogP contribution in [0.3, 0.4) is 0 Å². The van der Waals surface area contributed by atoms with E-state index >= 15 is 0 Å². The van der Waals surface area contributed by atoms with Crippen LogP contribution in [-0.2, 0) is 0 Å². The summed E-state index contributed by atoms with van der Waals surface area (Å²) in [5.74, 6) is -4.56. The van der Waals surface area contributed by atoms with Crippen LogP contribution in [0.1, 0.15) is 25.0 Å². The molecule has 2 atom stereocenters.